The second-order valence-corrected chi connectivity index (χ2v) is 10.7. The Morgan fingerprint density at radius 2 is 1.74 bits per heavy atom. The largest absolute Gasteiger partial charge is 0.673 e. The van der Waals surface area contributed by atoms with Gasteiger partial charge in [0, 0.05) is 0 Å². The Morgan fingerprint density at radius 1 is 1.13 bits per heavy atom. The van der Waals surface area contributed by atoms with Gasteiger partial charge >= 0.3 is 121 Å². The van der Waals surface area contributed by atoms with Crippen molar-refractivity contribution in [2.75, 3.05) is 0 Å². The van der Waals surface area contributed by atoms with Crippen molar-refractivity contribution in [3.63, 3.8) is 0 Å². The zero-order valence-electron chi connectivity index (χ0n) is 13.3. The van der Waals surface area contributed by atoms with Gasteiger partial charge in [-0.15, -0.1) is 0 Å². The van der Waals surface area contributed by atoms with Crippen LogP contribution in [0, 0.1) is 16.7 Å². The van der Waals surface area contributed by atoms with E-state index in [1.54, 1.807) is 0 Å². The molecule has 128 valence electrons. The Kier molecular flexibility index (Phi) is 4.35. The normalized spacial score (nSPS) is 37.2. The third-order valence-corrected chi connectivity index (χ3v) is 10.3. The summed E-state index contributed by atoms with van der Waals surface area (Å²) in [6, 6.07) is 11.0. The minimum atomic E-state index is -6.00. The molecule has 4 rings (SSSR count). The van der Waals surface area contributed by atoms with Crippen molar-refractivity contribution >= 4 is 25.9 Å². The van der Waals surface area contributed by atoms with Crippen LogP contribution in [-0.2, 0) is 3.82 Å². The fourth-order valence-corrected chi connectivity index (χ4v) is 9.88. The van der Waals surface area contributed by atoms with E-state index in [-0.39, 0.29) is 0 Å². The van der Waals surface area contributed by atoms with Gasteiger partial charge in [-0.05, 0) is 0 Å². The second-order valence-electron chi connectivity index (χ2n) is 7.23. The fourth-order valence-electron chi connectivity index (χ4n) is 4.60. The second kappa shape index (κ2) is 5.78. The van der Waals surface area contributed by atoms with Gasteiger partial charge in [-0.2, -0.15) is 0 Å². The van der Waals surface area contributed by atoms with Crippen molar-refractivity contribution in [3.05, 3.63) is 30.3 Å². The minimum Gasteiger partial charge on any atom is -0.418 e. The van der Waals surface area contributed by atoms with Crippen LogP contribution in [-0.4, -0.2) is 27.6 Å². The molecule has 1 unspecified atom stereocenters. The minimum absolute atomic E-state index is 0.519. The average Bonchev–Trinajstić information content (AvgIpc) is 3.02. The molecular formula is C16H21BF4OSe. The predicted molar refractivity (Wildman–Crippen MR) is 85.3 cm³/mol. The van der Waals surface area contributed by atoms with Gasteiger partial charge in [0.15, 0.2) is 0 Å². The van der Waals surface area contributed by atoms with Crippen molar-refractivity contribution < 1.29 is 21.1 Å². The van der Waals surface area contributed by atoms with E-state index < -0.39 is 21.5 Å². The van der Waals surface area contributed by atoms with E-state index in [1.165, 1.54) is 29.0 Å². The van der Waals surface area contributed by atoms with Gasteiger partial charge in [-0.3, -0.25) is 0 Å². The van der Waals surface area contributed by atoms with Gasteiger partial charge in [-0.25, -0.2) is 0 Å². The number of hydrogen-bond donors (Lipinski definition) is 0. The summed E-state index contributed by atoms with van der Waals surface area (Å²) < 4.78 is 47.1. The van der Waals surface area contributed by atoms with E-state index in [0.717, 1.165) is 5.92 Å². The summed E-state index contributed by atoms with van der Waals surface area (Å²) in [4.78, 5) is 0. The third-order valence-electron chi connectivity index (χ3n) is 5.98. The van der Waals surface area contributed by atoms with Crippen molar-refractivity contribution in [1.82, 2.24) is 0 Å². The molecule has 3 fully saturated rings. The Hall–Kier alpha value is -0.516. The van der Waals surface area contributed by atoms with E-state index in [2.05, 4.69) is 44.2 Å². The first-order chi connectivity index (χ1) is 10.6. The Balaban J connectivity index is 0.000000276. The summed E-state index contributed by atoms with van der Waals surface area (Å²) in [6.45, 7) is 5.02. The van der Waals surface area contributed by atoms with Crippen LogP contribution in [0.15, 0.2) is 30.3 Å². The third kappa shape index (κ3) is 3.08. The molecule has 1 spiro atoms. The first kappa shape index (κ1) is 17.3. The molecule has 1 saturated heterocycles. The fraction of sp³-hybridized carbons (Fsp3) is 0.625. The maximum atomic E-state index is 9.75. The van der Waals surface area contributed by atoms with Crippen LogP contribution in [0.2, 0.25) is 5.32 Å². The SMILES string of the molecule is CC1(C)[C@@H]2CC[C@]13C[Se+](c1ccccc1)O[C@@H]3C2.F[B-](F)(F)F. The zero-order valence-corrected chi connectivity index (χ0v) is 15.0. The van der Waals surface area contributed by atoms with E-state index in [9.17, 15) is 17.3 Å². The molecule has 0 amide bonds. The smallest absolute Gasteiger partial charge is 0.418 e. The zero-order chi connectivity index (χ0) is 16.9. The van der Waals surface area contributed by atoms with Gasteiger partial charge < -0.3 is 17.3 Å². The molecule has 3 aliphatic rings. The van der Waals surface area contributed by atoms with Gasteiger partial charge in [0.05, 0.1) is 0 Å². The topological polar surface area (TPSA) is 9.23 Å². The molecule has 23 heavy (non-hydrogen) atoms. The first-order valence-electron chi connectivity index (χ1n) is 7.94. The van der Waals surface area contributed by atoms with Crippen molar-refractivity contribution in [1.29, 1.82) is 0 Å². The van der Waals surface area contributed by atoms with Crippen molar-refractivity contribution in [2.24, 2.45) is 16.7 Å². The van der Waals surface area contributed by atoms with E-state index in [0.29, 0.717) is 16.9 Å². The summed E-state index contributed by atoms with van der Waals surface area (Å²) in [5.41, 5.74) is 1.04. The Bertz CT molecular complexity index is 559. The van der Waals surface area contributed by atoms with Crippen LogP contribution in [0.5, 0.6) is 0 Å². The van der Waals surface area contributed by atoms with Gasteiger partial charge in [0.2, 0.25) is 0 Å². The summed E-state index contributed by atoms with van der Waals surface area (Å²) in [7, 11) is -6.00. The quantitative estimate of drug-likeness (QED) is 0.506. The van der Waals surface area contributed by atoms with Gasteiger partial charge in [0.25, 0.3) is 0 Å². The molecule has 0 radical (unpaired) electrons. The molecule has 0 aromatic heterocycles. The van der Waals surface area contributed by atoms with Crippen LogP contribution in [0.1, 0.15) is 33.1 Å². The molecule has 1 heterocycles. The number of hydrogen-bond acceptors (Lipinski definition) is 1. The maximum absolute atomic E-state index is 9.75. The molecule has 1 aliphatic heterocycles. The van der Waals surface area contributed by atoms with Crippen LogP contribution in [0.4, 0.5) is 17.3 Å². The number of halogens is 4. The van der Waals surface area contributed by atoms with Crippen LogP contribution >= 0.6 is 0 Å². The number of benzene rings is 1. The molecule has 1 aromatic rings. The molecular weight excluding hydrogens is 374 g/mol. The molecule has 2 saturated carbocycles. The van der Waals surface area contributed by atoms with Crippen molar-refractivity contribution in [2.45, 2.75) is 44.5 Å². The van der Waals surface area contributed by atoms with E-state index in [4.69, 9.17) is 3.82 Å². The molecule has 2 bridgehead atoms. The maximum Gasteiger partial charge on any atom is 0.673 e. The molecule has 2 aliphatic carbocycles. The van der Waals surface area contributed by atoms with Crippen molar-refractivity contribution in [3.8, 4) is 0 Å². The summed E-state index contributed by atoms with van der Waals surface area (Å²) >= 11 is -1.01. The predicted octanol–water partition coefficient (Wildman–Crippen LogP) is 4.41. The Morgan fingerprint density at radius 3 is 2.26 bits per heavy atom. The van der Waals surface area contributed by atoms with Crippen LogP contribution in [0.25, 0.3) is 0 Å². The summed E-state index contributed by atoms with van der Waals surface area (Å²) in [6.07, 6.45) is 4.78. The first-order valence-corrected chi connectivity index (χ1v) is 10.7. The number of fused-ring (bicyclic) bond motifs is 1. The van der Waals surface area contributed by atoms with E-state index in [1.807, 2.05) is 0 Å². The molecule has 1 aromatic carbocycles. The Labute approximate surface area is 139 Å². The van der Waals surface area contributed by atoms with Gasteiger partial charge in [-0.1, -0.05) is 0 Å². The van der Waals surface area contributed by atoms with E-state index >= 15 is 0 Å². The molecule has 1 nitrogen and oxygen atoms in total. The summed E-state index contributed by atoms with van der Waals surface area (Å²) in [5.74, 6) is 0.922. The molecule has 0 N–H and O–H groups in total. The monoisotopic (exact) mass is 396 g/mol. The molecule has 4 atom stereocenters. The number of rotatable bonds is 1. The van der Waals surface area contributed by atoms with Crippen LogP contribution in [0.3, 0.4) is 0 Å². The molecule has 7 heteroatoms. The summed E-state index contributed by atoms with van der Waals surface area (Å²) in [5, 5.41) is 1.37. The van der Waals surface area contributed by atoms with Crippen LogP contribution < -0.4 is 4.46 Å². The van der Waals surface area contributed by atoms with Gasteiger partial charge in [0.1, 0.15) is 0 Å². The average molecular weight is 395 g/mol. The standard InChI is InChI=1S/C16H21OSe.BF4/c1-15(2)12-8-9-16(15)11-18(17-14(16)10-12)13-6-4-3-5-7-13;2-1(3,4)5/h3-7,12,14H,8-11H2,1-2H3;/q+1;-1/t12-,14-,16-,18?;/m1./s1.